The van der Waals surface area contributed by atoms with E-state index in [0.717, 1.165) is 17.6 Å². The average molecular weight is 259 g/mol. The second kappa shape index (κ2) is 5.43. The van der Waals surface area contributed by atoms with Crippen molar-refractivity contribution < 1.29 is 4.79 Å². The molecule has 1 heterocycles. The van der Waals surface area contributed by atoms with Gasteiger partial charge in [-0.1, -0.05) is 13.8 Å². The molecule has 1 N–H and O–H groups in total. The molecule has 4 heteroatoms. The van der Waals surface area contributed by atoms with Gasteiger partial charge in [0.05, 0.1) is 17.4 Å². The number of carbonyl (C=O) groups excluding carboxylic acids is 1. The van der Waals surface area contributed by atoms with E-state index in [-0.39, 0.29) is 11.9 Å². The summed E-state index contributed by atoms with van der Waals surface area (Å²) < 4.78 is 0. The zero-order chi connectivity index (χ0) is 14.0. The fourth-order valence-electron chi connectivity index (χ4n) is 2.16. The van der Waals surface area contributed by atoms with E-state index < -0.39 is 0 Å². The van der Waals surface area contributed by atoms with Gasteiger partial charge in [-0.15, -0.1) is 0 Å². The zero-order valence-corrected chi connectivity index (χ0v) is 12.0. The molecule has 1 aromatic carbocycles. The fraction of sp³-hybridized carbons (Fsp3) is 0.467. The van der Waals surface area contributed by atoms with Crippen LogP contribution in [-0.4, -0.2) is 33.4 Å². The number of nitrogens with one attached hydrogen (secondary N) is 1. The van der Waals surface area contributed by atoms with Crippen LogP contribution in [0.15, 0.2) is 24.5 Å². The molecule has 0 aliphatic carbocycles. The summed E-state index contributed by atoms with van der Waals surface area (Å²) in [4.78, 5) is 21.7. The van der Waals surface area contributed by atoms with E-state index in [1.165, 1.54) is 0 Å². The molecule has 0 atom stereocenters. The first-order valence-electron chi connectivity index (χ1n) is 6.73. The molecule has 19 heavy (non-hydrogen) atoms. The largest absolute Gasteiger partial charge is 0.345 e. The lowest BCUT2D eigenvalue weighted by Crippen LogP contribution is -2.39. The van der Waals surface area contributed by atoms with Crippen LogP contribution in [0, 0.1) is 5.92 Å². The molecule has 0 saturated carbocycles. The summed E-state index contributed by atoms with van der Waals surface area (Å²) in [5.74, 6) is 0.544. The first-order chi connectivity index (χ1) is 8.99. The lowest BCUT2D eigenvalue weighted by molar-refractivity contribution is 0.0682. The van der Waals surface area contributed by atoms with Crippen molar-refractivity contribution in [1.29, 1.82) is 0 Å². The summed E-state index contributed by atoms with van der Waals surface area (Å²) in [6, 6.07) is 5.81. The number of hydrogen-bond donors (Lipinski definition) is 1. The topological polar surface area (TPSA) is 49.0 Å². The molecule has 0 fully saturated rings. The summed E-state index contributed by atoms with van der Waals surface area (Å²) >= 11 is 0. The molecule has 4 nitrogen and oxygen atoms in total. The smallest absolute Gasteiger partial charge is 0.254 e. The normalized spacial score (nSPS) is 11.5. The Morgan fingerprint density at radius 3 is 2.68 bits per heavy atom. The second-order valence-electron chi connectivity index (χ2n) is 5.58. The number of carbonyl (C=O) groups is 1. The lowest BCUT2D eigenvalue weighted by atomic mass is 10.1. The zero-order valence-electron chi connectivity index (χ0n) is 12.0. The highest BCUT2D eigenvalue weighted by Gasteiger charge is 2.20. The molecule has 102 valence electrons. The number of imidazole rings is 1. The van der Waals surface area contributed by atoms with Crippen molar-refractivity contribution in [3.05, 3.63) is 30.1 Å². The van der Waals surface area contributed by atoms with E-state index in [2.05, 4.69) is 37.7 Å². The predicted molar refractivity (Wildman–Crippen MR) is 77.1 cm³/mol. The van der Waals surface area contributed by atoms with Gasteiger partial charge in [-0.2, -0.15) is 0 Å². The van der Waals surface area contributed by atoms with Crippen molar-refractivity contribution in [2.24, 2.45) is 5.92 Å². The van der Waals surface area contributed by atoms with E-state index in [0.29, 0.717) is 11.5 Å². The second-order valence-corrected chi connectivity index (χ2v) is 5.58. The molecule has 2 aromatic rings. The Morgan fingerprint density at radius 2 is 2.05 bits per heavy atom. The van der Waals surface area contributed by atoms with Crippen LogP contribution in [0.2, 0.25) is 0 Å². The molecule has 2 rings (SSSR count). The average Bonchev–Trinajstić information content (AvgIpc) is 2.81. The predicted octanol–water partition coefficient (Wildman–Crippen LogP) is 3.07. The van der Waals surface area contributed by atoms with Gasteiger partial charge >= 0.3 is 0 Å². The molecular weight excluding hydrogens is 238 g/mol. The Labute approximate surface area is 113 Å². The maximum Gasteiger partial charge on any atom is 0.254 e. The van der Waals surface area contributed by atoms with Gasteiger partial charge in [-0.3, -0.25) is 4.79 Å². The third-order valence-electron chi connectivity index (χ3n) is 3.11. The third kappa shape index (κ3) is 2.95. The molecule has 0 unspecified atom stereocenters. The van der Waals surface area contributed by atoms with Gasteiger partial charge in [-0.25, -0.2) is 4.98 Å². The van der Waals surface area contributed by atoms with Crippen molar-refractivity contribution in [2.75, 3.05) is 6.54 Å². The Morgan fingerprint density at radius 1 is 1.32 bits per heavy atom. The molecule has 0 radical (unpaired) electrons. The maximum atomic E-state index is 12.6. The SMILES string of the molecule is CC(C)CN(C(=O)c1ccc2nc[nH]c2c1)C(C)C. The van der Waals surface area contributed by atoms with Crippen LogP contribution in [0.25, 0.3) is 11.0 Å². The monoisotopic (exact) mass is 259 g/mol. The highest BCUT2D eigenvalue weighted by Crippen LogP contribution is 2.16. The molecule has 1 aromatic heterocycles. The van der Waals surface area contributed by atoms with E-state index in [1.807, 2.05) is 23.1 Å². The summed E-state index contributed by atoms with van der Waals surface area (Å²) in [5, 5.41) is 0. The molecule has 0 aliphatic heterocycles. The van der Waals surface area contributed by atoms with Crippen LogP contribution in [0.3, 0.4) is 0 Å². The molecule has 1 amide bonds. The van der Waals surface area contributed by atoms with Crippen molar-refractivity contribution in [3.63, 3.8) is 0 Å². The summed E-state index contributed by atoms with van der Waals surface area (Å²) in [5.41, 5.74) is 2.50. The summed E-state index contributed by atoms with van der Waals surface area (Å²) in [7, 11) is 0. The third-order valence-corrected chi connectivity index (χ3v) is 3.11. The fourth-order valence-corrected chi connectivity index (χ4v) is 2.16. The number of aromatic amines is 1. The van der Waals surface area contributed by atoms with E-state index >= 15 is 0 Å². The minimum absolute atomic E-state index is 0.0835. The Kier molecular flexibility index (Phi) is 3.88. The quantitative estimate of drug-likeness (QED) is 0.917. The maximum absolute atomic E-state index is 12.6. The number of rotatable bonds is 4. The van der Waals surface area contributed by atoms with E-state index in [1.54, 1.807) is 6.33 Å². The van der Waals surface area contributed by atoms with Gasteiger partial charge in [0.1, 0.15) is 0 Å². The van der Waals surface area contributed by atoms with Gasteiger partial charge in [0.15, 0.2) is 0 Å². The highest BCUT2D eigenvalue weighted by atomic mass is 16.2. The van der Waals surface area contributed by atoms with Crippen molar-refractivity contribution in [2.45, 2.75) is 33.7 Å². The molecule has 0 saturated heterocycles. The standard InChI is InChI=1S/C15H21N3O/c1-10(2)8-18(11(3)4)15(19)12-5-6-13-14(7-12)17-9-16-13/h5-7,9-11H,8H2,1-4H3,(H,16,17). The van der Waals surface area contributed by atoms with Crippen molar-refractivity contribution in [3.8, 4) is 0 Å². The first kappa shape index (κ1) is 13.6. The highest BCUT2D eigenvalue weighted by molar-refractivity contribution is 5.97. The van der Waals surface area contributed by atoms with Crippen LogP contribution >= 0.6 is 0 Å². The number of fused-ring (bicyclic) bond motifs is 1. The van der Waals surface area contributed by atoms with E-state index in [4.69, 9.17) is 0 Å². The lowest BCUT2D eigenvalue weighted by Gasteiger charge is -2.28. The Balaban J connectivity index is 2.29. The van der Waals surface area contributed by atoms with Gasteiger partial charge in [0.2, 0.25) is 0 Å². The van der Waals surface area contributed by atoms with Crippen LogP contribution in [0.1, 0.15) is 38.1 Å². The molecule has 0 aliphatic rings. The Bertz CT molecular complexity index is 572. The van der Waals surface area contributed by atoms with Crippen molar-refractivity contribution >= 4 is 16.9 Å². The number of benzene rings is 1. The molecule has 0 bridgehead atoms. The van der Waals surface area contributed by atoms with Crippen LogP contribution in [0.5, 0.6) is 0 Å². The number of hydrogen-bond acceptors (Lipinski definition) is 2. The molecular formula is C15H21N3O. The molecule has 0 spiro atoms. The Hall–Kier alpha value is -1.84. The summed E-state index contributed by atoms with van der Waals surface area (Å²) in [6.45, 7) is 9.13. The van der Waals surface area contributed by atoms with Gasteiger partial charge in [0, 0.05) is 18.2 Å². The number of aromatic nitrogens is 2. The number of H-pyrrole nitrogens is 1. The number of nitrogens with zero attached hydrogens (tertiary/aromatic N) is 2. The van der Waals surface area contributed by atoms with Crippen LogP contribution in [0.4, 0.5) is 0 Å². The van der Waals surface area contributed by atoms with Gasteiger partial charge in [-0.05, 0) is 38.0 Å². The first-order valence-corrected chi connectivity index (χ1v) is 6.73. The van der Waals surface area contributed by atoms with Crippen LogP contribution in [-0.2, 0) is 0 Å². The van der Waals surface area contributed by atoms with Gasteiger partial charge < -0.3 is 9.88 Å². The van der Waals surface area contributed by atoms with E-state index in [9.17, 15) is 4.79 Å². The minimum Gasteiger partial charge on any atom is -0.345 e. The minimum atomic E-state index is 0.0835. The van der Waals surface area contributed by atoms with Crippen molar-refractivity contribution in [1.82, 2.24) is 14.9 Å². The number of amides is 1. The summed E-state index contributed by atoms with van der Waals surface area (Å²) in [6.07, 6.45) is 1.65. The van der Waals surface area contributed by atoms with Crippen LogP contribution < -0.4 is 0 Å². The van der Waals surface area contributed by atoms with Gasteiger partial charge in [0.25, 0.3) is 5.91 Å².